The van der Waals surface area contributed by atoms with Gasteiger partial charge < -0.3 is 15.0 Å². The molecule has 6 heteroatoms. The second-order valence-corrected chi connectivity index (χ2v) is 7.03. The fraction of sp³-hybridized carbons (Fsp3) is 0.455. The Bertz CT molecular complexity index is 755. The van der Waals surface area contributed by atoms with Crippen molar-refractivity contribution in [2.45, 2.75) is 26.9 Å². The number of likely N-dealkylation sites (N-methyl/N-ethyl adjacent to an activating group) is 1. The lowest BCUT2D eigenvalue weighted by atomic mass is 10.1. The van der Waals surface area contributed by atoms with Gasteiger partial charge in [-0.05, 0) is 30.7 Å². The van der Waals surface area contributed by atoms with Crippen LogP contribution < -0.4 is 10.1 Å². The number of amides is 1. The van der Waals surface area contributed by atoms with E-state index in [-0.39, 0.29) is 5.91 Å². The average Bonchev–Trinajstić information content (AvgIpc) is 2.74. The third-order valence-electron chi connectivity index (χ3n) is 5.08. The zero-order valence-corrected chi connectivity index (χ0v) is 16.9. The standard InChI is InChI=1S/C22H30N4O2/c1-3-25-11-13-26(14-12-25)17-19-7-5-18(6-8-19)16-24-22(27)20-9-10-23-21(15-20)28-4-2/h5-10,15H,3-4,11-14,16-17H2,1-2H3,(H,24,27). The van der Waals surface area contributed by atoms with Gasteiger partial charge in [-0.3, -0.25) is 9.69 Å². The van der Waals surface area contributed by atoms with Gasteiger partial charge in [0.2, 0.25) is 5.88 Å². The minimum absolute atomic E-state index is 0.124. The molecule has 1 saturated heterocycles. The van der Waals surface area contributed by atoms with Crippen LogP contribution in [0.15, 0.2) is 42.6 Å². The van der Waals surface area contributed by atoms with Crippen LogP contribution >= 0.6 is 0 Å². The largest absolute Gasteiger partial charge is 0.478 e. The Morgan fingerprint density at radius 1 is 1.04 bits per heavy atom. The molecule has 6 nitrogen and oxygen atoms in total. The minimum atomic E-state index is -0.124. The van der Waals surface area contributed by atoms with E-state index in [2.05, 4.69) is 51.3 Å². The van der Waals surface area contributed by atoms with E-state index in [4.69, 9.17) is 4.74 Å². The van der Waals surface area contributed by atoms with Gasteiger partial charge in [-0.1, -0.05) is 31.2 Å². The minimum Gasteiger partial charge on any atom is -0.478 e. The number of pyridine rings is 1. The predicted octanol–water partition coefficient (Wildman–Crippen LogP) is 2.55. The van der Waals surface area contributed by atoms with Crippen LogP contribution in [-0.2, 0) is 13.1 Å². The third kappa shape index (κ3) is 5.78. The fourth-order valence-corrected chi connectivity index (χ4v) is 3.35. The lowest BCUT2D eigenvalue weighted by molar-refractivity contribution is 0.0950. The first-order valence-electron chi connectivity index (χ1n) is 10.1. The van der Waals surface area contributed by atoms with Crippen LogP contribution in [0.4, 0.5) is 0 Å². The van der Waals surface area contributed by atoms with Crippen LogP contribution in [0, 0.1) is 0 Å². The SMILES string of the molecule is CCOc1cc(C(=O)NCc2ccc(CN3CCN(CC)CC3)cc2)ccn1. The molecule has 1 aliphatic rings. The van der Waals surface area contributed by atoms with Crippen LogP contribution in [0.2, 0.25) is 0 Å². The summed E-state index contributed by atoms with van der Waals surface area (Å²) in [6.07, 6.45) is 1.59. The molecule has 3 rings (SSSR count). The summed E-state index contributed by atoms with van der Waals surface area (Å²) in [5.74, 6) is 0.348. The molecule has 1 aromatic heterocycles. The maximum absolute atomic E-state index is 12.4. The number of rotatable bonds is 8. The highest BCUT2D eigenvalue weighted by Gasteiger charge is 2.15. The number of aromatic nitrogens is 1. The van der Waals surface area contributed by atoms with Gasteiger partial charge in [-0.15, -0.1) is 0 Å². The molecule has 0 spiro atoms. The molecule has 0 bridgehead atoms. The number of ether oxygens (including phenoxy) is 1. The Hall–Kier alpha value is -2.44. The lowest BCUT2D eigenvalue weighted by Crippen LogP contribution is -2.45. The zero-order chi connectivity index (χ0) is 19.8. The van der Waals surface area contributed by atoms with E-state index in [0.29, 0.717) is 24.6 Å². The molecule has 0 atom stereocenters. The highest BCUT2D eigenvalue weighted by atomic mass is 16.5. The van der Waals surface area contributed by atoms with Crippen LogP contribution in [-0.4, -0.2) is 60.0 Å². The molecule has 0 aliphatic carbocycles. The summed E-state index contributed by atoms with van der Waals surface area (Å²) >= 11 is 0. The highest BCUT2D eigenvalue weighted by molar-refractivity contribution is 5.94. The third-order valence-corrected chi connectivity index (χ3v) is 5.08. The number of nitrogens with zero attached hydrogens (tertiary/aromatic N) is 3. The number of carbonyl (C=O) groups excluding carboxylic acids is 1. The van der Waals surface area contributed by atoms with Crippen LogP contribution in [0.1, 0.15) is 35.3 Å². The summed E-state index contributed by atoms with van der Waals surface area (Å²) in [7, 11) is 0. The molecular formula is C22H30N4O2. The molecule has 1 N–H and O–H groups in total. The summed E-state index contributed by atoms with van der Waals surface area (Å²) in [4.78, 5) is 21.4. The summed E-state index contributed by atoms with van der Waals surface area (Å²) in [6.45, 7) is 11.8. The molecule has 1 amide bonds. The topological polar surface area (TPSA) is 57.7 Å². The number of benzene rings is 1. The van der Waals surface area contributed by atoms with E-state index in [0.717, 1.165) is 44.8 Å². The van der Waals surface area contributed by atoms with Crippen LogP contribution in [0.25, 0.3) is 0 Å². The second-order valence-electron chi connectivity index (χ2n) is 7.03. The Kier molecular flexibility index (Phi) is 7.39. The van der Waals surface area contributed by atoms with E-state index in [1.807, 2.05) is 6.92 Å². The highest BCUT2D eigenvalue weighted by Crippen LogP contribution is 2.12. The van der Waals surface area contributed by atoms with Crippen molar-refractivity contribution in [2.24, 2.45) is 0 Å². The van der Waals surface area contributed by atoms with Crippen molar-refractivity contribution in [2.75, 3.05) is 39.3 Å². The van der Waals surface area contributed by atoms with Crippen molar-refractivity contribution in [3.05, 3.63) is 59.3 Å². The summed E-state index contributed by atoms with van der Waals surface area (Å²) in [5, 5.41) is 2.96. The van der Waals surface area contributed by atoms with Gasteiger partial charge >= 0.3 is 0 Å². The molecule has 0 unspecified atom stereocenters. The normalized spacial score (nSPS) is 15.4. The van der Waals surface area contributed by atoms with Crippen molar-refractivity contribution in [3.8, 4) is 5.88 Å². The van der Waals surface area contributed by atoms with Crippen LogP contribution in [0.3, 0.4) is 0 Å². The smallest absolute Gasteiger partial charge is 0.251 e. The maximum atomic E-state index is 12.4. The molecule has 0 radical (unpaired) electrons. The Morgan fingerprint density at radius 2 is 1.71 bits per heavy atom. The first-order chi connectivity index (χ1) is 13.7. The zero-order valence-electron chi connectivity index (χ0n) is 16.9. The molecular weight excluding hydrogens is 352 g/mol. The Labute approximate surface area is 167 Å². The van der Waals surface area contributed by atoms with Gasteiger partial charge in [0.25, 0.3) is 5.91 Å². The van der Waals surface area contributed by atoms with E-state index < -0.39 is 0 Å². The average molecular weight is 383 g/mol. The second kappa shape index (κ2) is 10.2. The van der Waals surface area contributed by atoms with Gasteiger partial charge in [-0.2, -0.15) is 0 Å². The van der Waals surface area contributed by atoms with Crippen LogP contribution in [0.5, 0.6) is 5.88 Å². The van der Waals surface area contributed by atoms with Crippen molar-refractivity contribution in [3.63, 3.8) is 0 Å². The monoisotopic (exact) mass is 382 g/mol. The van der Waals surface area contributed by atoms with Gasteiger partial charge in [-0.25, -0.2) is 4.98 Å². The quantitative estimate of drug-likeness (QED) is 0.760. The van der Waals surface area contributed by atoms with E-state index in [9.17, 15) is 4.79 Å². The molecule has 1 fully saturated rings. The molecule has 28 heavy (non-hydrogen) atoms. The Morgan fingerprint density at radius 3 is 2.39 bits per heavy atom. The molecule has 150 valence electrons. The molecule has 1 aromatic carbocycles. The summed E-state index contributed by atoms with van der Waals surface area (Å²) in [6, 6.07) is 11.9. The van der Waals surface area contributed by atoms with Gasteiger partial charge in [0.05, 0.1) is 6.61 Å². The molecule has 0 saturated carbocycles. The Balaban J connectivity index is 1.48. The van der Waals surface area contributed by atoms with E-state index in [1.165, 1.54) is 5.56 Å². The van der Waals surface area contributed by atoms with E-state index >= 15 is 0 Å². The van der Waals surface area contributed by atoms with Crippen molar-refractivity contribution >= 4 is 5.91 Å². The summed E-state index contributed by atoms with van der Waals surface area (Å²) in [5.41, 5.74) is 2.96. The predicted molar refractivity (Wildman–Crippen MR) is 110 cm³/mol. The maximum Gasteiger partial charge on any atom is 0.251 e. The van der Waals surface area contributed by atoms with Crippen molar-refractivity contribution in [1.29, 1.82) is 0 Å². The number of piperazine rings is 1. The first-order valence-corrected chi connectivity index (χ1v) is 10.1. The molecule has 2 heterocycles. The van der Waals surface area contributed by atoms with Gasteiger partial charge in [0.15, 0.2) is 0 Å². The number of nitrogens with one attached hydrogen (secondary N) is 1. The van der Waals surface area contributed by atoms with Crippen molar-refractivity contribution < 1.29 is 9.53 Å². The lowest BCUT2D eigenvalue weighted by Gasteiger charge is -2.34. The fourth-order valence-electron chi connectivity index (χ4n) is 3.35. The first kappa shape index (κ1) is 20.3. The number of hydrogen-bond donors (Lipinski definition) is 1. The molecule has 2 aromatic rings. The van der Waals surface area contributed by atoms with E-state index in [1.54, 1.807) is 18.3 Å². The van der Waals surface area contributed by atoms with Crippen molar-refractivity contribution in [1.82, 2.24) is 20.1 Å². The number of carbonyl (C=O) groups is 1. The van der Waals surface area contributed by atoms with Gasteiger partial charge in [0.1, 0.15) is 0 Å². The number of hydrogen-bond acceptors (Lipinski definition) is 5. The van der Waals surface area contributed by atoms with Gasteiger partial charge in [0, 0.05) is 57.1 Å². The summed E-state index contributed by atoms with van der Waals surface area (Å²) < 4.78 is 5.35. The molecule has 1 aliphatic heterocycles.